The lowest BCUT2D eigenvalue weighted by Gasteiger charge is -2.12. The molecule has 0 bridgehead atoms. The average molecular weight is 284 g/mol. The van der Waals surface area contributed by atoms with E-state index in [1.54, 1.807) is 6.92 Å². The van der Waals surface area contributed by atoms with Crippen molar-refractivity contribution in [1.29, 1.82) is 0 Å². The molecule has 1 aliphatic carbocycles. The average Bonchev–Trinajstić information content (AvgIpc) is 3.12. The Morgan fingerprint density at radius 2 is 2.16 bits per heavy atom. The third kappa shape index (κ3) is 3.24. The van der Waals surface area contributed by atoms with Gasteiger partial charge in [-0.05, 0) is 38.0 Å². The Kier molecular flexibility index (Phi) is 3.77. The number of carbonyl (C=O) groups excluding carboxylic acids is 1. The molecule has 1 aliphatic rings. The summed E-state index contributed by atoms with van der Waals surface area (Å²) >= 11 is 0. The van der Waals surface area contributed by atoms with Gasteiger partial charge in [0.1, 0.15) is 10.6 Å². The Bertz CT molecular complexity index is 594. The molecule has 2 rings (SSSR count). The molecule has 0 aromatic heterocycles. The number of rotatable bonds is 6. The van der Waals surface area contributed by atoms with Gasteiger partial charge >= 0.3 is 0 Å². The summed E-state index contributed by atoms with van der Waals surface area (Å²) in [6.07, 6.45) is 1.66. The van der Waals surface area contributed by atoms with E-state index in [4.69, 9.17) is 10.5 Å². The van der Waals surface area contributed by atoms with Crippen LogP contribution in [-0.4, -0.2) is 27.0 Å². The van der Waals surface area contributed by atoms with Crippen molar-refractivity contribution in [3.8, 4) is 5.75 Å². The van der Waals surface area contributed by atoms with Crippen molar-refractivity contribution in [2.75, 3.05) is 6.61 Å². The lowest BCUT2D eigenvalue weighted by molar-refractivity contribution is 0.1000. The molecule has 0 atom stereocenters. The molecule has 1 aromatic rings. The van der Waals surface area contributed by atoms with Crippen LogP contribution in [0, 0.1) is 0 Å². The molecule has 1 fully saturated rings. The Labute approximate surface area is 112 Å². The van der Waals surface area contributed by atoms with Crippen LogP contribution in [0.5, 0.6) is 5.75 Å². The van der Waals surface area contributed by atoms with Gasteiger partial charge in [0.05, 0.1) is 6.61 Å². The predicted octanol–water partition coefficient (Wildman–Crippen LogP) is 0.625. The maximum Gasteiger partial charge on any atom is 0.248 e. The number of nitrogens with two attached hydrogens (primary N) is 1. The number of primary amides is 1. The molecule has 0 saturated heterocycles. The molecule has 3 N–H and O–H groups in total. The fourth-order valence-electron chi connectivity index (χ4n) is 1.63. The number of amides is 1. The Morgan fingerprint density at radius 3 is 2.68 bits per heavy atom. The number of hydrogen-bond donors (Lipinski definition) is 2. The van der Waals surface area contributed by atoms with E-state index >= 15 is 0 Å². The summed E-state index contributed by atoms with van der Waals surface area (Å²) in [6, 6.07) is 4.13. The summed E-state index contributed by atoms with van der Waals surface area (Å²) in [7, 11) is -3.69. The van der Waals surface area contributed by atoms with E-state index in [1.165, 1.54) is 18.2 Å². The minimum absolute atomic E-state index is 0.0169. The van der Waals surface area contributed by atoms with Crippen molar-refractivity contribution in [1.82, 2.24) is 4.72 Å². The molecule has 0 aliphatic heterocycles. The van der Waals surface area contributed by atoms with E-state index in [0.717, 1.165) is 12.8 Å². The van der Waals surface area contributed by atoms with Crippen molar-refractivity contribution in [2.24, 2.45) is 5.73 Å². The molecule has 0 unspecified atom stereocenters. The van der Waals surface area contributed by atoms with Crippen molar-refractivity contribution in [3.63, 3.8) is 0 Å². The summed E-state index contributed by atoms with van der Waals surface area (Å²) < 4.78 is 32.3. The van der Waals surface area contributed by atoms with Crippen molar-refractivity contribution in [2.45, 2.75) is 30.7 Å². The van der Waals surface area contributed by atoms with E-state index in [0.29, 0.717) is 6.61 Å². The number of benzene rings is 1. The maximum absolute atomic E-state index is 12.2. The van der Waals surface area contributed by atoms with Gasteiger partial charge in [-0.15, -0.1) is 0 Å². The second-order valence-electron chi connectivity index (χ2n) is 4.35. The van der Waals surface area contributed by atoms with Crippen LogP contribution in [0.3, 0.4) is 0 Å². The molecular formula is C12H16N2O4S. The van der Waals surface area contributed by atoms with Crippen LogP contribution in [-0.2, 0) is 10.0 Å². The van der Waals surface area contributed by atoms with Crippen molar-refractivity contribution in [3.05, 3.63) is 23.8 Å². The summed E-state index contributed by atoms with van der Waals surface area (Å²) in [6.45, 7) is 2.09. The first-order valence-electron chi connectivity index (χ1n) is 6.03. The highest BCUT2D eigenvalue weighted by Crippen LogP contribution is 2.28. The van der Waals surface area contributed by atoms with Gasteiger partial charge < -0.3 is 10.5 Å². The van der Waals surface area contributed by atoms with Crippen LogP contribution in [0.1, 0.15) is 30.1 Å². The van der Waals surface area contributed by atoms with E-state index in [1.807, 2.05) is 0 Å². The maximum atomic E-state index is 12.2. The zero-order chi connectivity index (χ0) is 14.0. The summed E-state index contributed by atoms with van der Waals surface area (Å²) in [5.41, 5.74) is 5.31. The van der Waals surface area contributed by atoms with Gasteiger partial charge in [0.25, 0.3) is 0 Å². The molecule has 0 radical (unpaired) electrons. The quantitative estimate of drug-likeness (QED) is 0.800. The van der Waals surface area contributed by atoms with Crippen LogP contribution in [0.25, 0.3) is 0 Å². The van der Waals surface area contributed by atoms with Crippen LogP contribution in [0.4, 0.5) is 0 Å². The smallest absolute Gasteiger partial charge is 0.248 e. The molecule has 0 spiro atoms. The first kappa shape index (κ1) is 13.8. The van der Waals surface area contributed by atoms with Crippen molar-refractivity contribution < 1.29 is 17.9 Å². The molecule has 6 nitrogen and oxygen atoms in total. The molecule has 0 heterocycles. The standard InChI is InChI=1S/C12H16N2O4S/c1-2-18-10-6-3-8(12(13)15)7-11(10)19(16,17)14-9-4-5-9/h3,6-7,9,14H,2,4-5H2,1H3,(H2,13,15). The van der Waals surface area contributed by atoms with Gasteiger partial charge in [-0.2, -0.15) is 0 Å². The second kappa shape index (κ2) is 5.18. The van der Waals surface area contributed by atoms with Crippen molar-refractivity contribution >= 4 is 15.9 Å². The monoisotopic (exact) mass is 284 g/mol. The third-order valence-electron chi connectivity index (χ3n) is 2.72. The highest BCUT2D eigenvalue weighted by atomic mass is 32.2. The van der Waals surface area contributed by atoms with Gasteiger partial charge in [0.15, 0.2) is 0 Å². The third-order valence-corrected chi connectivity index (χ3v) is 4.26. The topological polar surface area (TPSA) is 98.5 Å². The minimum atomic E-state index is -3.69. The second-order valence-corrected chi connectivity index (χ2v) is 6.04. The number of nitrogens with one attached hydrogen (secondary N) is 1. The SMILES string of the molecule is CCOc1ccc(C(N)=O)cc1S(=O)(=O)NC1CC1. The van der Waals surface area contributed by atoms with Crippen LogP contribution >= 0.6 is 0 Å². The van der Waals surface area contributed by atoms with E-state index < -0.39 is 15.9 Å². The number of carbonyl (C=O) groups is 1. The lowest BCUT2D eigenvalue weighted by atomic mass is 10.2. The highest BCUT2D eigenvalue weighted by Gasteiger charge is 2.30. The van der Waals surface area contributed by atoms with Crippen LogP contribution in [0.2, 0.25) is 0 Å². The van der Waals surface area contributed by atoms with Crippen LogP contribution < -0.4 is 15.2 Å². The van der Waals surface area contributed by atoms with Gasteiger partial charge in [-0.25, -0.2) is 13.1 Å². The molecule has 1 aromatic carbocycles. The summed E-state index contributed by atoms with van der Waals surface area (Å²) in [5.74, 6) is -0.452. The Hall–Kier alpha value is -1.60. The molecule has 1 saturated carbocycles. The van der Waals surface area contributed by atoms with E-state index in [-0.39, 0.29) is 22.3 Å². The highest BCUT2D eigenvalue weighted by molar-refractivity contribution is 7.89. The first-order valence-corrected chi connectivity index (χ1v) is 7.51. The summed E-state index contributed by atoms with van der Waals surface area (Å²) in [5, 5.41) is 0. The van der Waals surface area contributed by atoms with Gasteiger partial charge in [0, 0.05) is 11.6 Å². The fourth-order valence-corrected chi connectivity index (χ4v) is 3.11. The molecule has 7 heteroatoms. The predicted molar refractivity (Wildman–Crippen MR) is 69.5 cm³/mol. The molecular weight excluding hydrogens is 268 g/mol. The Balaban J connectivity index is 2.43. The van der Waals surface area contributed by atoms with Crippen LogP contribution in [0.15, 0.2) is 23.1 Å². The number of sulfonamides is 1. The molecule has 19 heavy (non-hydrogen) atoms. The zero-order valence-electron chi connectivity index (χ0n) is 10.5. The molecule has 104 valence electrons. The fraction of sp³-hybridized carbons (Fsp3) is 0.417. The number of ether oxygens (including phenoxy) is 1. The van der Waals surface area contributed by atoms with Gasteiger partial charge in [0.2, 0.25) is 15.9 Å². The minimum Gasteiger partial charge on any atom is -0.492 e. The summed E-state index contributed by atoms with van der Waals surface area (Å²) in [4.78, 5) is 11.1. The van der Waals surface area contributed by atoms with E-state index in [2.05, 4.69) is 4.72 Å². The normalized spacial score (nSPS) is 15.2. The van der Waals surface area contributed by atoms with Gasteiger partial charge in [-0.1, -0.05) is 0 Å². The molecule has 1 amide bonds. The Morgan fingerprint density at radius 1 is 1.47 bits per heavy atom. The van der Waals surface area contributed by atoms with Gasteiger partial charge in [-0.3, -0.25) is 4.79 Å². The van der Waals surface area contributed by atoms with E-state index in [9.17, 15) is 13.2 Å². The zero-order valence-corrected chi connectivity index (χ0v) is 11.4. The first-order chi connectivity index (χ1) is 8.94. The largest absolute Gasteiger partial charge is 0.492 e. The lowest BCUT2D eigenvalue weighted by Crippen LogP contribution is -2.26. The number of hydrogen-bond acceptors (Lipinski definition) is 4.